The average Bonchev–Trinajstić information content (AvgIpc) is 3.03. The van der Waals surface area contributed by atoms with Crippen LogP contribution in [-0.4, -0.2) is 11.1 Å². The lowest BCUT2D eigenvalue weighted by Crippen LogP contribution is -2.13. The summed E-state index contributed by atoms with van der Waals surface area (Å²) in [7, 11) is 0. The zero-order valence-electron chi connectivity index (χ0n) is 31.5. The van der Waals surface area contributed by atoms with Gasteiger partial charge < -0.3 is 5.11 Å². The summed E-state index contributed by atoms with van der Waals surface area (Å²) in [6.45, 7) is 6.91. The third-order valence-electron chi connectivity index (χ3n) is 10.2. The smallest absolute Gasteiger partial charge is 0.306 e. The predicted octanol–water partition coefficient (Wildman–Crippen LogP) is 15.7. The SMILES string of the molecule is CCCCCCCCCCCCCCCCCCC(CCCCCCCCCCCCC=C(C)CCCCCCCC)C(=O)O. The fraction of sp³-hybridized carbons (Fsp3) is 0.930. The van der Waals surface area contributed by atoms with E-state index in [1.54, 1.807) is 5.57 Å². The van der Waals surface area contributed by atoms with Gasteiger partial charge in [-0.3, -0.25) is 4.79 Å². The first-order chi connectivity index (χ1) is 22.1. The number of allylic oxidation sites excluding steroid dienone is 2. The van der Waals surface area contributed by atoms with E-state index < -0.39 is 5.97 Å². The molecule has 0 aliphatic rings. The summed E-state index contributed by atoms with van der Waals surface area (Å²) in [6, 6.07) is 0. The zero-order valence-corrected chi connectivity index (χ0v) is 31.5. The van der Waals surface area contributed by atoms with Gasteiger partial charge in [-0.2, -0.15) is 0 Å². The van der Waals surface area contributed by atoms with Gasteiger partial charge in [0, 0.05) is 0 Å². The lowest BCUT2D eigenvalue weighted by molar-refractivity contribution is -0.142. The molecule has 0 spiro atoms. The van der Waals surface area contributed by atoms with E-state index >= 15 is 0 Å². The van der Waals surface area contributed by atoms with Crippen molar-refractivity contribution in [3.05, 3.63) is 11.6 Å². The average molecular weight is 633 g/mol. The summed E-state index contributed by atoms with van der Waals surface area (Å²) in [5.74, 6) is -0.662. The molecule has 2 heteroatoms. The van der Waals surface area contributed by atoms with E-state index in [2.05, 4.69) is 26.8 Å². The summed E-state index contributed by atoms with van der Waals surface area (Å²) < 4.78 is 0. The molecule has 0 aromatic carbocycles. The van der Waals surface area contributed by atoms with Crippen molar-refractivity contribution in [1.29, 1.82) is 0 Å². The van der Waals surface area contributed by atoms with E-state index in [9.17, 15) is 9.90 Å². The van der Waals surface area contributed by atoms with E-state index in [4.69, 9.17) is 0 Å². The van der Waals surface area contributed by atoms with Crippen LogP contribution in [0.4, 0.5) is 0 Å². The van der Waals surface area contributed by atoms with Crippen LogP contribution in [-0.2, 0) is 4.79 Å². The molecule has 0 saturated carbocycles. The van der Waals surface area contributed by atoms with Gasteiger partial charge in [0.25, 0.3) is 0 Å². The number of unbranched alkanes of at least 4 members (excludes halogenated alkanes) is 30. The van der Waals surface area contributed by atoms with Gasteiger partial charge in [0.15, 0.2) is 0 Å². The Labute approximate surface area is 284 Å². The van der Waals surface area contributed by atoms with E-state index in [0.717, 1.165) is 25.7 Å². The molecular weight excluding hydrogens is 548 g/mol. The molecule has 268 valence electrons. The minimum atomic E-state index is -0.556. The molecule has 2 nitrogen and oxygen atoms in total. The minimum Gasteiger partial charge on any atom is -0.481 e. The fourth-order valence-electron chi connectivity index (χ4n) is 6.91. The van der Waals surface area contributed by atoms with Crippen molar-refractivity contribution in [1.82, 2.24) is 0 Å². The normalized spacial score (nSPS) is 12.6. The first-order valence-corrected chi connectivity index (χ1v) is 21.0. The topological polar surface area (TPSA) is 37.3 Å². The highest BCUT2D eigenvalue weighted by Crippen LogP contribution is 2.21. The maximum Gasteiger partial charge on any atom is 0.306 e. The molecule has 0 rings (SSSR count). The molecule has 0 aliphatic heterocycles. The van der Waals surface area contributed by atoms with Crippen LogP contribution in [0, 0.1) is 5.92 Å². The van der Waals surface area contributed by atoms with Gasteiger partial charge in [-0.25, -0.2) is 0 Å². The van der Waals surface area contributed by atoms with Crippen LogP contribution in [0.25, 0.3) is 0 Å². The zero-order chi connectivity index (χ0) is 32.9. The largest absolute Gasteiger partial charge is 0.481 e. The molecular formula is C43H84O2. The molecule has 0 aliphatic carbocycles. The lowest BCUT2D eigenvalue weighted by atomic mass is 9.94. The van der Waals surface area contributed by atoms with Crippen LogP contribution in [0.2, 0.25) is 0 Å². The summed E-state index contributed by atoms with van der Waals surface area (Å²) in [5, 5.41) is 9.67. The van der Waals surface area contributed by atoms with Crippen molar-refractivity contribution in [3.8, 4) is 0 Å². The van der Waals surface area contributed by atoms with Crippen LogP contribution in [0.1, 0.15) is 252 Å². The third-order valence-corrected chi connectivity index (χ3v) is 10.2. The summed E-state index contributed by atoms with van der Waals surface area (Å²) in [5.41, 5.74) is 1.61. The first kappa shape index (κ1) is 44.2. The standard InChI is InChI=1S/C43H84O2/c1-4-6-8-10-12-13-14-15-16-17-18-21-24-27-31-35-39-42(43(44)45)40-36-32-28-25-22-19-20-23-26-30-34-38-41(3)37-33-29-11-9-7-5-2/h38,42H,4-37,39-40H2,1-3H3,(H,44,45). The Morgan fingerprint density at radius 3 is 1.07 bits per heavy atom. The van der Waals surface area contributed by atoms with Crippen molar-refractivity contribution in [3.63, 3.8) is 0 Å². The van der Waals surface area contributed by atoms with Gasteiger partial charge in [0.2, 0.25) is 0 Å². The van der Waals surface area contributed by atoms with Crippen molar-refractivity contribution >= 4 is 5.97 Å². The molecule has 1 atom stereocenters. The summed E-state index contributed by atoms with van der Waals surface area (Å²) in [4.78, 5) is 11.7. The molecule has 0 fully saturated rings. The molecule has 45 heavy (non-hydrogen) atoms. The second-order valence-electron chi connectivity index (χ2n) is 14.8. The van der Waals surface area contributed by atoms with E-state index in [-0.39, 0.29) is 5.92 Å². The van der Waals surface area contributed by atoms with Crippen molar-refractivity contribution in [2.24, 2.45) is 5.92 Å². The second-order valence-corrected chi connectivity index (χ2v) is 14.8. The number of aliphatic carboxylic acids is 1. The van der Waals surface area contributed by atoms with Gasteiger partial charge in [-0.05, 0) is 45.4 Å². The molecule has 1 unspecified atom stereocenters. The maximum atomic E-state index is 11.7. The molecule has 1 N–H and O–H groups in total. The van der Waals surface area contributed by atoms with Crippen molar-refractivity contribution in [2.75, 3.05) is 0 Å². The second kappa shape index (κ2) is 37.7. The minimum absolute atomic E-state index is 0.106. The number of carboxylic acid groups (broad SMARTS) is 1. The Hall–Kier alpha value is -0.790. The molecule has 0 aromatic rings. The highest BCUT2D eigenvalue weighted by Gasteiger charge is 2.16. The highest BCUT2D eigenvalue weighted by molar-refractivity contribution is 5.69. The first-order valence-electron chi connectivity index (χ1n) is 21.0. The number of rotatable bonds is 38. The van der Waals surface area contributed by atoms with Gasteiger partial charge in [0.1, 0.15) is 0 Å². The van der Waals surface area contributed by atoms with Crippen LogP contribution in [0.3, 0.4) is 0 Å². The number of hydrogen-bond donors (Lipinski definition) is 1. The van der Waals surface area contributed by atoms with Crippen molar-refractivity contribution in [2.45, 2.75) is 252 Å². The quantitative estimate of drug-likeness (QED) is 0.0543. The van der Waals surface area contributed by atoms with Gasteiger partial charge in [-0.1, -0.05) is 218 Å². The Balaban J connectivity index is 3.45. The van der Waals surface area contributed by atoms with E-state index in [1.807, 2.05) is 0 Å². The maximum absolute atomic E-state index is 11.7. The van der Waals surface area contributed by atoms with Gasteiger partial charge in [-0.15, -0.1) is 0 Å². The number of carboxylic acids is 1. The summed E-state index contributed by atoms with van der Waals surface area (Å²) in [6.07, 6.45) is 50.4. The highest BCUT2D eigenvalue weighted by atomic mass is 16.4. The summed E-state index contributed by atoms with van der Waals surface area (Å²) >= 11 is 0. The van der Waals surface area contributed by atoms with E-state index in [1.165, 1.54) is 205 Å². The number of carbonyl (C=O) groups is 1. The van der Waals surface area contributed by atoms with E-state index in [0.29, 0.717) is 0 Å². The Morgan fingerprint density at radius 2 is 0.733 bits per heavy atom. The molecule has 0 amide bonds. The van der Waals surface area contributed by atoms with Crippen LogP contribution < -0.4 is 0 Å². The Kier molecular flexibility index (Phi) is 37.0. The molecule has 0 aromatic heterocycles. The Bertz CT molecular complexity index is 609. The number of hydrogen-bond acceptors (Lipinski definition) is 1. The predicted molar refractivity (Wildman–Crippen MR) is 202 cm³/mol. The lowest BCUT2D eigenvalue weighted by Gasteiger charge is -2.12. The van der Waals surface area contributed by atoms with Crippen LogP contribution in [0.5, 0.6) is 0 Å². The van der Waals surface area contributed by atoms with Gasteiger partial charge >= 0.3 is 5.97 Å². The third kappa shape index (κ3) is 35.9. The molecule has 0 radical (unpaired) electrons. The van der Waals surface area contributed by atoms with Gasteiger partial charge in [0.05, 0.1) is 5.92 Å². The molecule has 0 bridgehead atoms. The fourth-order valence-corrected chi connectivity index (χ4v) is 6.91. The Morgan fingerprint density at radius 1 is 0.444 bits per heavy atom. The molecule has 0 heterocycles. The van der Waals surface area contributed by atoms with Crippen LogP contribution in [0.15, 0.2) is 11.6 Å². The molecule has 0 saturated heterocycles. The van der Waals surface area contributed by atoms with Crippen molar-refractivity contribution < 1.29 is 9.90 Å². The monoisotopic (exact) mass is 633 g/mol. The van der Waals surface area contributed by atoms with Crippen LogP contribution >= 0.6 is 0 Å².